The van der Waals surface area contributed by atoms with Gasteiger partial charge in [0.25, 0.3) is 0 Å². The van der Waals surface area contributed by atoms with Gasteiger partial charge in [0.05, 0.1) is 10.7 Å². The van der Waals surface area contributed by atoms with Crippen LogP contribution >= 0.6 is 11.6 Å². The second kappa shape index (κ2) is 9.42. The van der Waals surface area contributed by atoms with E-state index in [4.69, 9.17) is 11.6 Å². The molecular weight excluding hydrogens is 362 g/mol. The molecule has 0 spiro atoms. The molecule has 3 N–H and O–H groups in total. The summed E-state index contributed by atoms with van der Waals surface area (Å²) in [6.45, 7) is 7.48. The number of halogens is 1. The Morgan fingerprint density at radius 2 is 1.74 bits per heavy atom. The molecule has 2 amide bonds. The highest BCUT2D eigenvalue weighted by Crippen LogP contribution is 2.28. The molecule has 0 unspecified atom stereocenters. The van der Waals surface area contributed by atoms with Crippen molar-refractivity contribution in [2.24, 2.45) is 0 Å². The van der Waals surface area contributed by atoms with Gasteiger partial charge in [0.1, 0.15) is 6.04 Å². The Hall–Kier alpha value is -2.53. The van der Waals surface area contributed by atoms with Gasteiger partial charge >= 0.3 is 0 Å². The van der Waals surface area contributed by atoms with Crippen molar-refractivity contribution >= 4 is 40.5 Å². The van der Waals surface area contributed by atoms with Gasteiger partial charge in [-0.15, -0.1) is 0 Å². The normalized spacial score (nSPS) is 12.8. The minimum absolute atomic E-state index is 0.132. The smallest absolute Gasteiger partial charge is 0.246 e. The van der Waals surface area contributed by atoms with Crippen molar-refractivity contribution in [3.8, 4) is 0 Å². The molecule has 27 heavy (non-hydrogen) atoms. The van der Waals surface area contributed by atoms with Crippen LogP contribution in [0, 0.1) is 0 Å². The van der Waals surface area contributed by atoms with Crippen molar-refractivity contribution in [2.45, 2.75) is 46.1 Å². The van der Waals surface area contributed by atoms with Gasteiger partial charge in [-0.05, 0) is 49.1 Å². The van der Waals surface area contributed by atoms with Gasteiger partial charge in [-0.1, -0.05) is 43.6 Å². The summed E-state index contributed by atoms with van der Waals surface area (Å²) in [7, 11) is 0. The van der Waals surface area contributed by atoms with Gasteiger partial charge < -0.3 is 16.0 Å². The van der Waals surface area contributed by atoms with Crippen molar-refractivity contribution in [1.82, 2.24) is 0 Å². The van der Waals surface area contributed by atoms with Gasteiger partial charge in [-0.25, -0.2) is 0 Å². The van der Waals surface area contributed by atoms with Crippen LogP contribution in [0.2, 0.25) is 5.02 Å². The van der Waals surface area contributed by atoms with E-state index in [0.717, 1.165) is 17.7 Å². The number of hydrogen-bond donors (Lipinski definition) is 3. The molecule has 0 aliphatic rings. The summed E-state index contributed by atoms with van der Waals surface area (Å²) in [6.07, 6.45) is 1.000. The number of rotatable bonds is 7. The van der Waals surface area contributed by atoms with Gasteiger partial charge in [-0.2, -0.15) is 0 Å². The lowest BCUT2D eigenvalue weighted by atomic mass is 9.97. The first-order valence-corrected chi connectivity index (χ1v) is 9.43. The summed E-state index contributed by atoms with van der Waals surface area (Å²) in [5, 5.41) is 9.20. The Morgan fingerprint density at radius 3 is 2.37 bits per heavy atom. The van der Waals surface area contributed by atoms with Gasteiger partial charge in [0.2, 0.25) is 11.8 Å². The summed E-state index contributed by atoms with van der Waals surface area (Å²) in [5.74, 6) is 0.0445. The zero-order valence-electron chi connectivity index (χ0n) is 16.1. The fraction of sp³-hybridized carbons (Fsp3) is 0.333. The third-order valence-corrected chi connectivity index (χ3v) is 4.73. The summed E-state index contributed by atoms with van der Waals surface area (Å²) in [6, 6.07) is 12.6. The average molecular weight is 388 g/mol. The van der Waals surface area contributed by atoms with Crippen molar-refractivity contribution in [2.75, 3.05) is 16.0 Å². The quantitative estimate of drug-likeness (QED) is 0.607. The molecule has 0 aliphatic heterocycles. The summed E-state index contributed by atoms with van der Waals surface area (Å²) >= 11 is 6.18. The zero-order chi connectivity index (χ0) is 20.0. The van der Waals surface area contributed by atoms with Crippen LogP contribution in [0.5, 0.6) is 0 Å². The highest BCUT2D eigenvalue weighted by Gasteiger charge is 2.16. The minimum atomic E-state index is -0.460. The van der Waals surface area contributed by atoms with Gasteiger partial charge in [0, 0.05) is 18.3 Å². The largest absolute Gasteiger partial charge is 0.374 e. The topological polar surface area (TPSA) is 70.2 Å². The van der Waals surface area contributed by atoms with Crippen LogP contribution in [0.4, 0.5) is 17.1 Å². The predicted octanol–water partition coefficient (Wildman–Crippen LogP) is 5.25. The van der Waals surface area contributed by atoms with Crippen LogP contribution in [-0.4, -0.2) is 17.9 Å². The lowest BCUT2D eigenvalue weighted by molar-refractivity contribution is -0.116. The monoisotopic (exact) mass is 387 g/mol. The lowest BCUT2D eigenvalue weighted by Gasteiger charge is -2.19. The van der Waals surface area contributed by atoms with Gasteiger partial charge in [-0.3, -0.25) is 9.59 Å². The Balaban J connectivity index is 2.06. The second-order valence-electron chi connectivity index (χ2n) is 6.63. The Kier molecular flexibility index (Phi) is 7.25. The molecule has 0 fully saturated rings. The van der Waals surface area contributed by atoms with Crippen LogP contribution in [-0.2, 0) is 9.59 Å². The third-order valence-electron chi connectivity index (χ3n) is 4.42. The van der Waals surface area contributed by atoms with Crippen LogP contribution in [0.15, 0.2) is 42.5 Å². The predicted molar refractivity (Wildman–Crippen MR) is 113 cm³/mol. The van der Waals surface area contributed by atoms with Crippen molar-refractivity contribution in [3.05, 3.63) is 53.1 Å². The van der Waals surface area contributed by atoms with Crippen molar-refractivity contribution < 1.29 is 9.59 Å². The van der Waals surface area contributed by atoms with Crippen LogP contribution in [0.3, 0.4) is 0 Å². The Morgan fingerprint density at radius 1 is 1.04 bits per heavy atom. The fourth-order valence-electron chi connectivity index (χ4n) is 2.71. The first-order valence-electron chi connectivity index (χ1n) is 9.05. The average Bonchev–Trinajstić information content (AvgIpc) is 2.63. The molecule has 5 nitrogen and oxygen atoms in total. The molecule has 2 aromatic rings. The van der Waals surface area contributed by atoms with E-state index in [1.165, 1.54) is 6.92 Å². The molecule has 0 radical (unpaired) electrons. The lowest BCUT2D eigenvalue weighted by Crippen LogP contribution is -2.32. The summed E-state index contributed by atoms with van der Waals surface area (Å²) < 4.78 is 0. The number of carbonyl (C=O) groups excluding carboxylic acids is 2. The van der Waals surface area contributed by atoms with E-state index in [9.17, 15) is 9.59 Å². The van der Waals surface area contributed by atoms with E-state index in [0.29, 0.717) is 22.3 Å². The van der Waals surface area contributed by atoms with E-state index < -0.39 is 6.04 Å². The number of hydrogen-bond acceptors (Lipinski definition) is 3. The Bertz CT molecular complexity index is 823. The molecule has 0 heterocycles. The number of benzene rings is 2. The van der Waals surface area contributed by atoms with E-state index in [1.54, 1.807) is 25.1 Å². The maximum atomic E-state index is 12.6. The molecule has 0 saturated heterocycles. The first-order chi connectivity index (χ1) is 12.8. The maximum absolute atomic E-state index is 12.6. The molecule has 0 aromatic heterocycles. The highest BCUT2D eigenvalue weighted by atomic mass is 35.5. The fourth-order valence-corrected chi connectivity index (χ4v) is 2.94. The molecule has 144 valence electrons. The molecule has 0 bridgehead atoms. The van der Waals surface area contributed by atoms with Crippen molar-refractivity contribution in [3.63, 3.8) is 0 Å². The molecular formula is C21H26ClN3O2. The standard InChI is InChI=1S/C21H26ClN3O2/c1-5-13(2)17-8-6-7-9-19(17)25-21(27)14(3)23-16-10-11-20(18(22)12-16)24-15(4)26/h6-14,23H,5H2,1-4H3,(H,24,26)(H,25,27)/t13-,14-/m0/s1. The SMILES string of the molecule is CC[C@H](C)c1ccccc1NC(=O)[C@H](C)Nc1ccc(NC(C)=O)c(Cl)c1. The maximum Gasteiger partial charge on any atom is 0.246 e. The van der Waals surface area contributed by atoms with Crippen LogP contribution < -0.4 is 16.0 Å². The van der Waals surface area contributed by atoms with E-state index >= 15 is 0 Å². The van der Waals surface area contributed by atoms with E-state index in [2.05, 4.69) is 29.8 Å². The van der Waals surface area contributed by atoms with Crippen LogP contribution in [0.1, 0.15) is 45.6 Å². The number of nitrogens with one attached hydrogen (secondary N) is 3. The van der Waals surface area contributed by atoms with Crippen LogP contribution in [0.25, 0.3) is 0 Å². The third kappa shape index (κ3) is 5.73. The molecule has 6 heteroatoms. The van der Waals surface area contributed by atoms with E-state index in [1.807, 2.05) is 24.3 Å². The minimum Gasteiger partial charge on any atom is -0.374 e. The number of amides is 2. The zero-order valence-corrected chi connectivity index (χ0v) is 16.9. The number of anilines is 3. The molecule has 2 atom stereocenters. The number of carbonyl (C=O) groups is 2. The summed E-state index contributed by atoms with van der Waals surface area (Å²) in [5.41, 5.74) is 3.20. The summed E-state index contributed by atoms with van der Waals surface area (Å²) in [4.78, 5) is 23.8. The number of para-hydroxylation sites is 1. The molecule has 0 aliphatic carbocycles. The molecule has 2 rings (SSSR count). The first kappa shape index (κ1) is 20.8. The van der Waals surface area contributed by atoms with E-state index in [-0.39, 0.29) is 11.8 Å². The van der Waals surface area contributed by atoms with Gasteiger partial charge in [0.15, 0.2) is 0 Å². The molecule has 0 saturated carbocycles. The highest BCUT2D eigenvalue weighted by molar-refractivity contribution is 6.34. The Labute approximate surface area is 165 Å². The molecule has 2 aromatic carbocycles. The second-order valence-corrected chi connectivity index (χ2v) is 7.03. The van der Waals surface area contributed by atoms with Crippen molar-refractivity contribution in [1.29, 1.82) is 0 Å².